The summed E-state index contributed by atoms with van der Waals surface area (Å²) in [5.41, 5.74) is 3.36. The third-order valence-corrected chi connectivity index (χ3v) is 4.38. The summed E-state index contributed by atoms with van der Waals surface area (Å²) < 4.78 is 21.5. The number of hydrogen-bond donors (Lipinski definition) is 2. The topological polar surface area (TPSA) is 73.3 Å². The lowest BCUT2D eigenvalue weighted by atomic mass is 10.1. The zero-order valence-corrected chi connectivity index (χ0v) is 18.4. The zero-order valence-electron chi connectivity index (χ0n) is 18.4. The number of guanidine groups is 1. The number of benzene rings is 2. The third kappa shape index (κ3) is 8.31. The van der Waals surface area contributed by atoms with Crippen LogP contribution in [0, 0.1) is 6.92 Å². The van der Waals surface area contributed by atoms with Crippen molar-refractivity contribution in [2.45, 2.75) is 20.0 Å². The van der Waals surface area contributed by atoms with Crippen molar-refractivity contribution in [2.24, 2.45) is 4.99 Å². The van der Waals surface area contributed by atoms with Crippen molar-refractivity contribution in [1.82, 2.24) is 10.6 Å². The molecule has 2 rings (SSSR count). The lowest BCUT2D eigenvalue weighted by Crippen LogP contribution is -2.36. The standard InChI is InChI=1S/C23H33N3O4/c1-18-5-8-20(22(15-18)30-14-12-28-4)17-26-23(24-2)25-16-19-6-9-21(10-7-19)29-13-11-27-3/h5-10,15H,11-14,16-17H2,1-4H3,(H2,24,25,26). The molecule has 2 aromatic carbocycles. The van der Waals surface area contributed by atoms with Gasteiger partial charge in [-0.3, -0.25) is 4.99 Å². The van der Waals surface area contributed by atoms with Gasteiger partial charge in [-0.05, 0) is 36.2 Å². The summed E-state index contributed by atoms with van der Waals surface area (Å²) in [7, 11) is 5.08. The minimum absolute atomic E-state index is 0.519. The van der Waals surface area contributed by atoms with E-state index in [1.165, 1.54) is 0 Å². The van der Waals surface area contributed by atoms with Gasteiger partial charge in [0.05, 0.1) is 13.2 Å². The Labute approximate surface area is 179 Å². The molecule has 0 aliphatic carbocycles. The molecule has 0 fully saturated rings. The van der Waals surface area contributed by atoms with Crippen molar-refractivity contribution in [3.63, 3.8) is 0 Å². The average Bonchev–Trinajstić information content (AvgIpc) is 2.76. The van der Waals surface area contributed by atoms with Crippen LogP contribution in [0.5, 0.6) is 11.5 Å². The minimum Gasteiger partial charge on any atom is -0.491 e. The second kappa shape index (κ2) is 13.5. The van der Waals surface area contributed by atoms with E-state index in [2.05, 4.69) is 34.7 Å². The largest absolute Gasteiger partial charge is 0.491 e. The van der Waals surface area contributed by atoms with E-state index < -0.39 is 0 Å². The van der Waals surface area contributed by atoms with Crippen LogP contribution in [0.25, 0.3) is 0 Å². The highest BCUT2D eigenvalue weighted by molar-refractivity contribution is 5.79. The Kier molecular flexibility index (Phi) is 10.5. The predicted molar refractivity (Wildman–Crippen MR) is 119 cm³/mol. The van der Waals surface area contributed by atoms with Crippen molar-refractivity contribution in [2.75, 3.05) is 47.7 Å². The van der Waals surface area contributed by atoms with Crippen LogP contribution in [0.2, 0.25) is 0 Å². The van der Waals surface area contributed by atoms with Gasteiger partial charge in [0.2, 0.25) is 0 Å². The average molecular weight is 416 g/mol. The highest BCUT2D eigenvalue weighted by Crippen LogP contribution is 2.20. The first kappa shape index (κ1) is 23.5. The summed E-state index contributed by atoms with van der Waals surface area (Å²) >= 11 is 0. The first-order chi connectivity index (χ1) is 14.7. The monoisotopic (exact) mass is 415 g/mol. The molecule has 7 nitrogen and oxygen atoms in total. The third-order valence-electron chi connectivity index (χ3n) is 4.38. The van der Waals surface area contributed by atoms with Gasteiger partial charge in [0.1, 0.15) is 24.7 Å². The fraction of sp³-hybridized carbons (Fsp3) is 0.435. The molecule has 0 radical (unpaired) electrons. The van der Waals surface area contributed by atoms with Crippen LogP contribution in [0.1, 0.15) is 16.7 Å². The molecule has 0 heterocycles. The zero-order chi connectivity index (χ0) is 21.6. The first-order valence-corrected chi connectivity index (χ1v) is 10.0. The van der Waals surface area contributed by atoms with Crippen LogP contribution < -0.4 is 20.1 Å². The molecule has 0 spiro atoms. The lowest BCUT2D eigenvalue weighted by Gasteiger charge is -2.15. The number of ether oxygens (including phenoxy) is 4. The Hall–Kier alpha value is -2.77. The second-order valence-electron chi connectivity index (χ2n) is 6.72. The molecule has 0 atom stereocenters. The van der Waals surface area contributed by atoms with Crippen LogP contribution in [0.3, 0.4) is 0 Å². The maximum absolute atomic E-state index is 5.85. The molecule has 30 heavy (non-hydrogen) atoms. The van der Waals surface area contributed by atoms with E-state index in [0.29, 0.717) is 39.5 Å². The maximum atomic E-state index is 5.85. The highest BCUT2D eigenvalue weighted by Gasteiger charge is 2.06. The molecule has 0 unspecified atom stereocenters. The van der Waals surface area contributed by atoms with Crippen LogP contribution in [-0.4, -0.2) is 53.7 Å². The number of nitrogens with one attached hydrogen (secondary N) is 2. The van der Waals surface area contributed by atoms with E-state index in [0.717, 1.165) is 34.1 Å². The second-order valence-corrected chi connectivity index (χ2v) is 6.72. The van der Waals surface area contributed by atoms with E-state index in [1.54, 1.807) is 21.3 Å². The lowest BCUT2D eigenvalue weighted by molar-refractivity contribution is 0.145. The Morgan fingerprint density at radius 2 is 1.50 bits per heavy atom. The number of rotatable bonds is 12. The quantitative estimate of drug-likeness (QED) is 0.316. The van der Waals surface area contributed by atoms with Crippen molar-refractivity contribution in [1.29, 1.82) is 0 Å². The van der Waals surface area contributed by atoms with Gasteiger partial charge in [0.25, 0.3) is 0 Å². The molecular weight excluding hydrogens is 382 g/mol. The highest BCUT2D eigenvalue weighted by atomic mass is 16.5. The van der Waals surface area contributed by atoms with Crippen molar-refractivity contribution in [3.05, 3.63) is 59.2 Å². The van der Waals surface area contributed by atoms with Gasteiger partial charge in [-0.2, -0.15) is 0 Å². The minimum atomic E-state index is 0.519. The van der Waals surface area contributed by atoms with Gasteiger partial charge in [0.15, 0.2) is 5.96 Å². The van der Waals surface area contributed by atoms with E-state index in [9.17, 15) is 0 Å². The summed E-state index contributed by atoms with van der Waals surface area (Å²) in [5, 5.41) is 6.67. The van der Waals surface area contributed by atoms with Crippen LogP contribution in [-0.2, 0) is 22.6 Å². The number of methoxy groups -OCH3 is 2. The van der Waals surface area contributed by atoms with Crippen molar-refractivity contribution in [3.8, 4) is 11.5 Å². The SMILES string of the molecule is CN=C(NCc1ccc(OCCOC)cc1)NCc1ccc(C)cc1OCCOC. The van der Waals surface area contributed by atoms with Gasteiger partial charge in [-0.1, -0.05) is 24.3 Å². The van der Waals surface area contributed by atoms with Gasteiger partial charge in [0, 0.05) is 39.9 Å². The first-order valence-electron chi connectivity index (χ1n) is 10.0. The predicted octanol–water partition coefficient (Wildman–Crippen LogP) is 2.91. The fourth-order valence-corrected chi connectivity index (χ4v) is 2.71. The summed E-state index contributed by atoms with van der Waals surface area (Å²) in [6.07, 6.45) is 0. The van der Waals surface area contributed by atoms with Gasteiger partial charge < -0.3 is 29.6 Å². The van der Waals surface area contributed by atoms with Crippen LogP contribution in [0.4, 0.5) is 0 Å². The molecule has 0 amide bonds. The molecule has 0 saturated carbocycles. The Morgan fingerprint density at radius 3 is 2.17 bits per heavy atom. The van der Waals surface area contributed by atoms with Gasteiger partial charge in [-0.15, -0.1) is 0 Å². The number of hydrogen-bond acceptors (Lipinski definition) is 5. The van der Waals surface area contributed by atoms with Gasteiger partial charge >= 0.3 is 0 Å². The Bertz CT molecular complexity index is 779. The number of nitrogens with zero attached hydrogens (tertiary/aromatic N) is 1. The van der Waals surface area contributed by atoms with E-state index in [1.807, 2.05) is 30.3 Å². The van der Waals surface area contributed by atoms with E-state index in [4.69, 9.17) is 18.9 Å². The molecule has 164 valence electrons. The number of aryl methyl sites for hydroxylation is 1. The molecule has 0 bridgehead atoms. The molecule has 2 aromatic rings. The summed E-state index contributed by atoms with van der Waals surface area (Å²) in [6, 6.07) is 14.2. The van der Waals surface area contributed by atoms with E-state index in [-0.39, 0.29) is 0 Å². The normalized spacial score (nSPS) is 11.3. The maximum Gasteiger partial charge on any atom is 0.191 e. The fourth-order valence-electron chi connectivity index (χ4n) is 2.71. The smallest absolute Gasteiger partial charge is 0.191 e. The molecule has 2 N–H and O–H groups in total. The number of aliphatic imine (C=N–C) groups is 1. The van der Waals surface area contributed by atoms with Gasteiger partial charge in [-0.25, -0.2) is 0 Å². The summed E-state index contributed by atoms with van der Waals surface area (Å²) in [6.45, 7) is 5.50. The molecule has 0 aliphatic rings. The molecular formula is C23H33N3O4. The van der Waals surface area contributed by atoms with Crippen LogP contribution in [0.15, 0.2) is 47.5 Å². The summed E-state index contributed by atoms with van der Waals surface area (Å²) in [5.74, 6) is 2.41. The van der Waals surface area contributed by atoms with Crippen molar-refractivity contribution < 1.29 is 18.9 Å². The molecule has 7 heteroatoms. The molecule has 0 aromatic heterocycles. The molecule has 0 saturated heterocycles. The summed E-state index contributed by atoms with van der Waals surface area (Å²) in [4.78, 5) is 4.30. The Morgan fingerprint density at radius 1 is 0.833 bits per heavy atom. The van der Waals surface area contributed by atoms with Crippen LogP contribution >= 0.6 is 0 Å². The Balaban J connectivity index is 1.85. The molecule has 0 aliphatic heterocycles. The van der Waals surface area contributed by atoms with E-state index >= 15 is 0 Å². The van der Waals surface area contributed by atoms with Crippen molar-refractivity contribution >= 4 is 5.96 Å².